The van der Waals surface area contributed by atoms with Crippen LogP contribution in [0, 0.1) is 11.3 Å². The molecule has 6 heteroatoms. The average molecular weight is 321 g/mol. The van der Waals surface area contributed by atoms with Crippen molar-refractivity contribution in [2.24, 2.45) is 0 Å². The number of sulfonamides is 1. The third-order valence-electron chi connectivity index (χ3n) is 4.32. The van der Waals surface area contributed by atoms with Crippen molar-refractivity contribution in [3.63, 3.8) is 0 Å². The number of hydrogen-bond donors (Lipinski definition) is 0. The highest BCUT2D eigenvalue weighted by Crippen LogP contribution is 2.21. The Labute approximate surface area is 133 Å². The summed E-state index contributed by atoms with van der Waals surface area (Å²) in [5.74, 6) is 0.282. The van der Waals surface area contributed by atoms with Gasteiger partial charge in [0.15, 0.2) is 0 Å². The SMILES string of the molecule is CCN(CCN1CCCS1(=O)=O)[C@H](C)c1ccc(C#N)cc1. The highest BCUT2D eigenvalue weighted by atomic mass is 32.2. The Morgan fingerprint density at radius 3 is 2.55 bits per heavy atom. The van der Waals surface area contributed by atoms with Crippen molar-refractivity contribution in [1.29, 1.82) is 5.26 Å². The van der Waals surface area contributed by atoms with Crippen molar-refractivity contribution in [1.82, 2.24) is 9.21 Å². The van der Waals surface area contributed by atoms with E-state index in [1.54, 1.807) is 4.31 Å². The third-order valence-corrected chi connectivity index (χ3v) is 6.27. The minimum atomic E-state index is -3.02. The lowest BCUT2D eigenvalue weighted by Gasteiger charge is -2.29. The molecule has 0 amide bonds. The number of benzene rings is 1. The van der Waals surface area contributed by atoms with Crippen molar-refractivity contribution >= 4 is 10.0 Å². The van der Waals surface area contributed by atoms with Gasteiger partial charge in [-0.3, -0.25) is 4.90 Å². The Morgan fingerprint density at radius 1 is 1.36 bits per heavy atom. The van der Waals surface area contributed by atoms with Gasteiger partial charge in [0, 0.05) is 25.7 Å². The van der Waals surface area contributed by atoms with Crippen LogP contribution in [0.2, 0.25) is 0 Å². The Morgan fingerprint density at radius 2 is 2.05 bits per heavy atom. The van der Waals surface area contributed by atoms with E-state index in [4.69, 9.17) is 5.26 Å². The fourth-order valence-corrected chi connectivity index (χ4v) is 4.37. The van der Waals surface area contributed by atoms with E-state index in [9.17, 15) is 8.42 Å². The number of nitriles is 1. The molecule has 1 aromatic carbocycles. The van der Waals surface area contributed by atoms with E-state index in [2.05, 4.69) is 24.8 Å². The Hall–Kier alpha value is -1.42. The fraction of sp³-hybridized carbons (Fsp3) is 0.562. The smallest absolute Gasteiger partial charge is 0.214 e. The van der Waals surface area contributed by atoms with Crippen LogP contribution in [0.3, 0.4) is 0 Å². The first-order valence-corrected chi connectivity index (χ1v) is 9.30. The summed E-state index contributed by atoms with van der Waals surface area (Å²) in [5.41, 5.74) is 1.80. The first-order valence-electron chi connectivity index (χ1n) is 7.70. The van der Waals surface area contributed by atoms with Gasteiger partial charge in [0.05, 0.1) is 17.4 Å². The van der Waals surface area contributed by atoms with Gasteiger partial charge in [-0.2, -0.15) is 5.26 Å². The summed E-state index contributed by atoms with van der Waals surface area (Å²) in [5, 5.41) is 8.85. The van der Waals surface area contributed by atoms with Crippen LogP contribution in [-0.4, -0.2) is 49.6 Å². The average Bonchev–Trinajstić information content (AvgIpc) is 2.86. The van der Waals surface area contributed by atoms with Gasteiger partial charge < -0.3 is 0 Å². The van der Waals surface area contributed by atoms with Crippen LogP contribution in [-0.2, 0) is 10.0 Å². The molecule has 1 aliphatic heterocycles. The maximum Gasteiger partial charge on any atom is 0.214 e. The lowest BCUT2D eigenvalue weighted by Crippen LogP contribution is -2.37. The van der Waals surface area contributed by atoms with Crippen LogP contribution < -0.4 is 0 Å². The van der Waals surface area contributed by atoms with Crippen molar-refractivity contribution < 1.29 is 8.42 Å². The van der Waals surface area contributed by atoms with Gasteiger partial charge in [0.25, 0.3) is 0 Å². The predicted octanol–water partition coefficient (Wildman–Crippen LogP) is 1.98. The quantitative estimate of drug-likeness (QED) is 0.803. The van der Waals surface area contributed by atoms with E-state index in [0.29, 0.717) is 18.7 Å². The van der Waals surface area contributed by atoms with Gasteiger partial charge in [0.2, 0.25) is 10.0 Å². The number of hydrogen-bond acceptors (Lipinski definition) is 4. The monoisotopic (exact) mass is 321 g/mol. The fourth-order valence-electron chi connectivity index (χ4n) is 2.85. The molecule has 1 fully saturated rings. The minimum Gasteiger partial charge on any atom is -0.296 e. The molecular formula is C16H23N3O2S. The summed E-state index contributed by atoms with van der Waals surface area (Å²) < 4.78 is 25.3. The molecule has 0 spiro atoms. The standard InChI is InChI=1S/C16H23N3O2S/c1-3-18(10-11-19-9-4-12-22(19,20)21)14(2)16-7-5-15(13-17)6-8-16/h5-8,14H,3-4,9-12H2,1-2H3/t14-/m1/s1. The lowest BCUT2D eigenvalue weighted by molar-refractivity contribution is 0.207. The van der Waals surface area contributed by atoms with Crippen molar-refractivity contribution in [2.75, 3.05) is 31.9 Å². The first-order chi connectivity index (χ1) is 10.5. The number of rotatable bonds is 6. The number of nitrogens with zero attached hydrogens (tertiary/aromatic N) is 3. The molecular weight excluding hydrogens is 298 g/mol. The van der Waals surface area contributed by atoms with Crippen LogP contribution in [0.4, 0.5) is 0 Å². The highest BCUT2D eigenvalue weighted by molar-refractivity contribution is 7.89. The molecule has 22 heavy (non-hydrogen) atoms. The van der Waals surface area contributed by atoms with Crippen LogP contribution in [0.5, 0.6) is 0 Å². The van der Waals surface area contributed by atoms with E-state index >= 15 is 0 Å². The summed E-state index contributed by atoms with van der Waals surface area (Å²) in [6.45, 7) is 6.97. The van der Waals surface area contributed by atoms with E-state index in [-0.39, 0.29) is 11.8 Å². The molecule has 120 valence electrons. The minimum absolute atomic E-state index is 0.197. The van der Waals surface area contributed by atoms with Crippen LogP contribution in [0.25, 0.3) is 0 Å². The second-order valence-electron chi connectivity index (χ2n) is 5.61. The van der Waals surface area contributed by atoms with Gasteiger partial charge in [-0.1, -0.05) is 19.1 Å². The van der Waals surface area contributed by atoms with Gasteiger partial charge in [0.1, 0.15) is 0 Å². The van der Waals surface area contributed by atoms with Gasteiger partial charge >= 0.3 is 0 Å². The Balaban J connectivity index is 1.99. The molecule has 0 N–H and O–H groups in total. The molecule has 0 unspecified atom stereocenters. The molecule has 1 atom stereocenters. The van der Waals surface area contributed by atoms with Crippen molar-refractivity contribution in [3.05, 3.63) is 35.4 Å². The third kappa shape index (κ3) is 3.86. The number of likely N-dealkylation sites (N-methyl/N-ethyl adjacent to an activating group) is 1. The summed E-state index contributed by atoms with van der Waals surface area (Å²) in [6.07, 6.45) is 0.736. The van der Waals surface area contributed by atoms with Crippen LogP contribution in [0.15, 0.2) is 24.3 Å². The summed E-state index contributed by atoms with van der Waals surface area (Å²) in [4.78, 5) is 2.26. The highest BCUT2D eigenvalue weighted by Gasteiger charge is 2.28. The maximum atomic E-state index is 11.8. The first kappa shape index (κ1) is 16.9. The van der Waals surface area contributed by atoms with Crippen LogP contribution >= 0.6 is 0 Å². The van der Waals surface area contributed by atoms with E-state index in [0.717, 1.165) is 25.1 Å². The van der Waals surface area contributed by atoms with Crippen LogP contribution in [0.1, 0.15) is 37.4 Å². The molecule has 0 bridgehead atoms. The molecule has 1 aromatic rings. The van der Waals surface area contributed by atoms with Gasteiger partial charge in [-0.25, -0.2) is 12.7 Å². The molecule has 0 saturated carbocycles. The summed E-state index contributed by atoms with van der Waals surface area (Å²) in [7, 11) is -3.02. The van der Waals surface area contributed by atoms with E-state index in [1.165, 1.54) is 0 Å². The van der Waals surface area contributed by atoms with Gasteiger partial charge in [-0.15, -0.1) is 0 Å². The molecule has 0 aliphatic carbocycles. The predicted molar refractivity (Wildman–Crippen MR) is 86.8 cm³/mol. The lowest BCUT2D eigenvalue weighted by atomic mass is 10.1. The molecule has 0 radical (unpaired) electrons. The maximum absolute atomic E-state index is 11.8. The Kier molecular flexibility index (Phi) is 5.57. The van der Waals surface area contributed by atoms with E-state index in [1.807, 2.05) is 24.3 Å². The second-order valence-corrected chi connectivity index (χ2v) is 7.70. The molecule has 2 rings (SSSR count). The molecule has 0 aromatic heterocycles. The normalized spacial score (nSPS) is 19.2. The molecule has 1 aliphatic rings. The Bertz CT molecular complexity index is 634. The molecule has 5 nitrogen and oxygen atoms in total. The molecule has 1 saturated heterocycles. The summed E-state index contributed by atoms with van der Waals surface area (Å²) >= 11 is 0. The largest absolute Gasteiger partial charge is 0.296 e. The zero-order valence-electron chi connectivity index (χ0n) is 13.2. The summed E-state index contributed by atoms with van der Waals surface area (Å²) in [6, 6.07) is 9.91. The van der Waals surface area contributed by atoms with Crippen molar-refractivity contribution in [3.8, 4) is 6.07 Å². The zero-order valence-corrected chi connectivity index (χ0v) is 14.0. The zero-order chi connectivity index (χ0) is 16.2. The topological polar surface area (TPSA) is 64.4 Å². The van der Waals surface area contributed by atoms with Crippen molar-refractivity contribution in [2.45, 2.75) is 26.3 Å². The van der Waals surface area contributed by atoms with Gasteiger partial charge in [-0.05, 0) is 37.6 Å². The second kappa shape index (κ2) is 7.23. The van der Waals surface area contributed by atoms with E-state index < -0.39 is 10.0 Å². The molecule has 1 heterocycles.